The predicted octanol–water partition coefficient (Wildman–Crippen LogP) is 3.18. The number of hydrogen-bond acceptors (Lipinski definition) is 2. The second kappa shape index (κ2) is 7.27. The molecule has 20 heavy (non-hydrogen) atoms. The number of benzene rings is 2. The van der Waals surface area contributed by atoms with Crippen molar-refractivity contribution in [2.75, 3.05) is 0 Å². The summed E-state index contributed by atoms with van der Waals surface area (Å²) < 4.78 is 0. The standard InChI is InChI=1S/C16H20N2O.ClH/c1-11(17)9-16(19)18-12(2)14-8-7-13-5-3-4-6-15(13)10-14;/h3-8,10-12H,9,17H2,1-2H3,(H,18,19);1H. The van der Waals surface area contributed by atoms with Crippen LogP contribution in [0.3, 0.4) is 0 Å². The molecule has 2 aromatic carbocycles. The van der Waals surface area contributed by atoms with Gasteiger partial charge in [-0.1, -0.05) is 36.4 Å². The zero-order valence-corrected chi connectivity index (χ0v) is 12.6. The molecule has 0 heterocycles. The molecular formula is C16H21ClN2O. The molecule has 2 unspecified atom stereocenters. The third-order valence-electron chi connectivity index (χ3n) is 3.16. The molecule has 0 saturated carbocycles. The summed E-state index contributed by atoms with van der Waals surface area (Å²) in [4.78, 5) is 11.7. The Hall–Kier alpha value is -1.58. The average molecular weight is 293 g/mol. The number of hydrogen-bond donors (Lipinski definition) is 2. The lowest BCUT2D eigenvalue weighted by molar-refractivity contribution is -0.122. The van der Waals surface area contributed by atoms with Gasteiger partial charge in [-0.2, -0.15) is 0 Å². The Morgan fingerprint density at radius 3 is 2.45 bits per heavy atom. The molecule has 0 aliphatic rings. The number of amides is 1. The Morgan fingerprint density at radius 1 is 1.15 bits per heavy atom. The van der Waals surface area contributed by atoms with E-state index < -0.39 is 0 Å². The maximum atomic E-state index is 11.7. The Labute approximate surface area is 126 Å². The van der Waals surface area contributed by atoms with Gasteiger partial charge in [0, 0.05) is 12.5 Å². The molecule has 3 nitrogen and oxygen atoms in total. The molecule has 1 amide bonds. The molecule has 4 heteroatoms. The highest BCUT2D eigenvalue weighted by atomic mass is 35.5. The first-order valence-electron chi connectivity index (χ1n) is 6.60. The second-order valence-electron chi connectivity index (χ2n) is 5.08. The quantitative estimate of drug-likeness (QED) is 0.909. The van der Waals surface area contributed by atoms with Crippen LogP contribution in [0.5, 0.6) is 0 Å². The highest BCUT2D eigenvalue weighted by molar-refractivity contribution is 5.85. The van der Waals surface area contributed by atoms with E-state index >= 15 is 0 Å². The number of carbonyl (C=O) groups is 1. The Bertz CT molecular complexity index is 583. The fourth-order valence-corrected chi connectivity index (χ4v) is 2.15. The van der Waals surface area contributed by atoms with Gasteiger partial charge < -0.3 is 11.1 Å². The van der Waals surface area contributed by atoms with Crippen LogP contribution in [0.25, 0.3) is 10.8 Å². The van der Waals surface area contributed by atoms with Crippen molar-refractivity contribution in [2.45, 2.75) is 32.4 Å². The number of halogens is 1. The summed E-state index contributed by atoms with van der Waals surface area (Å²) in [6.45, 7) is 3.82. The molecule has 0 aliphatic carbocycles. The molecular weight excluding hydrogens is 272 g/mol. The minimum Gasteiger partial charge on any atom is -0.350 e. The van der Waals surface area contributed by atoms with E-state index in [2.05, 4.69) is 35.6 Å². The topological polar surface area (TPSA) is 55.1 Å². The van der Waals surface area contributed by atoms with Gasteiger partial charge in [-0.25, -0.2) is 0 Å². The minimum absolute atomic E-state index is 0. The van der Waals surface area contributed by atoms with E-state index in [-0.39, 0.29) is 30.4 Å². The molecule has 3 N–H and O–H groups in total. The molecule has 0 saturated heterocycles. The number of nitrogens with two attached hydrogens (primary N) is 1. The molecule has 0 aromatic heterocycles. The molecule has 2 rings (SSSR count). The molecule has 0 spiro atoms. The zero-order valence-electron chi connectivity index (χ0n) is 11.8. The summed E-state index contributed by atoms with van der Waals surface area (Å²) in [5.74, 6) is -0.00402. The molecule has 2 atom stereocenters. The summed E-state index contributed by atoms with van der Waals surface area (Å²) in [5, 5.41) is 5.37. The first-order valence-corrected chi connectivity index (χ1v) is 6.60. The molecule has 108 valence electrons. The van der Waals surface area contributed by atoms with Crippen LogP contribution in [0.1, 0.15) is 31.9 Å². The number of rotatable bonds is 4. The first kappa shape index (κ1) is 16.5. The Kier molecular flexibility index (Phi) is 5.99. The van der Waals surface area contributed by atoms with E-state index in [1.54, 1.807) is 0 Å². The van der Waals surface area contributed by atoms with Crippen molar-refractivity contribution in [2.24, 2.45) is 5.73 Å². The van der Waals surface area contributed by atoms with Gasteiger partial charge in [0.2, 0.25) is 5.91 Å². The van der Waals surface area contributed by atoms with Crippen molar-refractivity contribution >= 4 is 29.1 Å². The van der Waals surface area contributed by atoms with Crippen LogP contribution in [-0.4, -0.2) is 11.9 Å². The minimum atomic E-state index is -0.108. The fraction of sp³-hybridized carbons (Fsp3) is 0.312. The van der Waals surface area contributed by atoms with Crippen molar-refractivity contribution in [3.8, 4) is 0 Å². The van der Waals surface area contributed by atoms with Gasteiger partial charge in [0.1, 0.15) is 0 Å². The van der Waals surface area contributed by atoms with E-state index in [4.69, 9.17) is 5.73 Å². The smallest absolute Gasteiger partial charge is 0.222 e. The zero-order chi connectivity index (χ0) is 13.8. The van der Waals surface area contributed by atoms with E-state index in [1.807, 2.05) is 26.0 Å². The maximum absolute atomic E-state index is 11.7. The van der Waals surface area contributed by atoms with E-state index in [1.165, 1.54) is 10.8 Å². The molecule has 0 fully saturated rings. The normalized spacial score (nSPS) is 13.3. The number of nitrogens with one attached hydrogen (secondary N) is 1. The van der Waals surface area contributed by atoms with Gasteiger partial charge in [-0.15, -0.1) is 12.4 Å². The first-order chi connectivity index (χ1) is 9.06. The van der Waals surface area contributed by atoms with Crippen LogP contribution in [0.15, 0.2) is 42.5 Å². The predicted molar refractivity (Wildman–Crippen MR) is 86.0 cm³/mol. The van der Waals surface area contributed by atoms with Gasteiger partial charge in [0.25, 0.3) is 0 Å². The van der Waals surface area contributed by atoms with Crippen molar-refractivity contribution in [3.63, 3.8) is 0 Å². The second-order valence-corrected chi connectivity index (χ2v) is 5.08. The largest absolute Gasteiger partial charge is 0.350 e. The van der Waals surface area contributed by atoms with Crippen LogP contribution < -0.4 is 11.1 Å². The van der Waals surface area contributed by atoms with Gasteiger partial charge in [0.15, 0.2) is 0 Å². The highest BCUT2D eigenvalue weighted by Gasteiger charge is 2.11. The van der Waals surface area contributed by atoms with Crippen LogP contribution in [-0.2, 0) is 4.79 Å². The van der Waals surface area contributed by atoms with Gasteiger partial charge in [0.05, 0.1) is 6.04 Å². The Morgan fingerprint density at radius 2 is 1.80 bits per heavy atom. The highest BCUT2D eigenvalue weighted by Crippen LogP contribution is 2.20. The lowest BCUT2D eigenvalue weighted by atomic mass is 10.0. The average Bonchev–Trinajstić information content (AvgIpc) is 2.37. The van der Waals surface area contributed by atoms with E-state index in [0.29, 0.717) is 6.42 Å². The number of fused-ring (bicyclic) bond motifs is 1. The van der Waals surface area contributed by atoms with Crippen LogP contribution in [0, 0.1) is 0 Å². The molecule has 0 aliphatic heterocycles. The molecule has 0 radical (unpaired) electrons. The monoisotopic (exact) mass is 292 g/mol. The summed E-state index contributed by atoms with van der Waals surface area (Å²) in [7, 11) is 0. The van der Waals surface area contributed by atoms with Crippen LogP contribution in [0.4, 0.5) is 0 Å². The van der Waals surface area contributed by atoms with E-state index in [9.17, 15) is 4.79 Å². The van der Waals surface area contributed by atoms with Crippen molar-refractivity contribution in [1.82, 2.24) is 5.32 Å². The maximum Gasteiger partial charge on any atom is 0.222 e. The summed E-state index contributed by atoms with van der Waals surface area (Å²) in [6.07, 6.45) is 0.359. The molecule has 0 bridgehead atoms. The van der Waals surface area contributed by atoms with Gasteiger partial charge >= 0.3 is 0 Å². The van der Waals surface area contributed by atoms with Crippen molar-refractivity contribution in [3.05, 3.63) is 48.0 Å². The lowest BCUT2D eigenvalue weighted by Gasteiger charge is -2.16. The van der Waals surface area contributed by atoms with Gasteiger partial charge in [-0.3, -0.25) is 4.79 Å². The lowest BCUT2D eigenvalue weighted by Crippen LogP contribution is -2.31. The van der Waals surface area contributed by atoms with Crippen molar-refractivity contribution < 1.29 is 4.79 Å². The van der Waals surface area contributed by atoms with Gasteiger partial charge in [-0.05, 0) is 36.2 Å². The van der Waals surface area contributed by atoms with E-state index in [0.717, 1.165) is 5.56 Å². The SMILES string of the molecule is CC(N)CC(=O)NC(C)c1ccc2ccccc2c1.Cl. The third-order valence-corrected chi connectivity index (χ3v) is 3.16. The Balaban J connectivity index is 0.00000200. The summed E-state index contributed by atoms with van der Waals surface area (Å²) in [5.41, 5.74) is 6.73. The van der Waals surface area contributed by atoms with Crippen LogP contribution >= 0.6 is 12.4 Å². The summed E-state index contributed by atoms with van der Waals surface area (Å²) >= 11 is 0. The molecule has 2 aromatic rings. The van der Waals surface area contributed by atoms with Crippen LogP contribution in [0.2, 0.25) is 0 Å². The number of carbonyl (C=O) groups excluding carboxylic acids is 1. The van der Waals surface area contributed by atoms with Crippen molar-refractivity contribution in [1.29, 1.82) is 0 Å². The fourth-order valence-electron chi connectivity index (χ4n) is 2.15. The third kappa shape index (κ3) is 4.22. The summed E-state index contributed by atoms with van der Waals surface area (Å²) in [6, 6.07) is 14.3.